The SMILES string of the molecule is CCNC(=NCCc1ncc(C)s1)NC(C)c1cc(C)ccc1OC.I. The highest BCUT2D eigenvalue weighted by Crippen LogP contribution is 2.25. The second kappa shape index (κ2) is 11.4. The van der Waals surface area contributed by atoms with E-state index in [1.54, 1.807) is 18.4 Å². The number of rotatable bonds is 7. The van der Waals surface area contributed by atoms with Crippen LogP contribution in [0.5, 0.6) is 5.75 Å². The van der Waals surface area contributed by atoms with Crippen molar-refractivity contribution < 1.29 is 4.74 Å². The number of hydrogen-bond acceptors (Lipinski definition) is 4. The van der Waals surface area contributed by atoms with Crippen molar-refractivity contribution >= 4 is 41.3 Å². The second-order valence-electron chi connectivity index (χ2n) is 5.99. The van der Waals surface area contributed by atoms with Crippen molar-refractivity contribution in [3.63, 3.8) is 0 Å². The van der Waals surface area contributed by atoms with Gasteiger partial charge in [-0.2, -0.15) is 0 Å². The minimum atomic E-state index is 0. The Morgan fingerprint density at radius 2 is 2.12 bits per heavy atom. The highest BCUT2D eigenvalue weighted by atomic mass is 127. The van der Waals surface area contributed by atoms with Crippen LogP contribution < -0.4 is 15.4 Å². The lowest BCUT2D eigenvalue weighted by Gasteiger charge is -2.20. The third-order valence-corrected chi connectivity index (χ3v) is 4.79. The quantitative estimate of drug-likeness (QED) is 0.348. The molecular weight excluding hydrogens is 459 g/mol. The largest absolute Gasteiger partial charge is 0.496 e. The van der Waals surface area contributed by atoms with Crippen LogP contribution in [0.15, 0.2) is 29.4 Å². The third-order valence-electron chi connectivity index (χ3n) is 3.81. The molecule has 26 heavy (non-hydrogen) atoms. The highest BCUT2D eigenvalue weighted by molar-refractivity contribution is 14.0. The summed E-state index contributed by atoms with van der Waals surface area (Å²) in [4.78, 5) is 10.3. The van der Waals surface area contributed by atoms with Crippen molar-refractivity contribution in [3.05, 3.63) is 45.4 Å². The van der Waals surface area contributed by atoms with E-state index in [1.165, 1.54) is 10.4 Å². The molecule has 1 heterocycles. The second-order valence-corrected chi connectivity index (χ2v) is 7.31. The Morgan fingerprint density at radius 1 is 1.35 bits per heavy atom. The van der Waals surface area contributed by atoms with Crippen LogP contribution in [0, 0.1) is 13.8 Å². The van der Waals surface area contributed by atoms with E-state index in [1.807, 2.05) is 12.3 Å². The number of thiazole rings is 1. The molecule has 0 fully saturated rings. The molecule has 0 aliphatic carbocycles. The summed E-state index contributed by atoms with van der Waals surface area (Å²) in [5.41, 5.74) is 2.34. The van der Waals surface area contributed by atoms with Crippen LogP contribution in [0.25, 0.3) is 0 Å². The average Bonchev–Trinajstić information content (AvgIpc) is 3.00. The number of benzene rings is 1. The summed E-state index contributed by atoms with van der Waals surface area (Å²) in [6, 6.07) is 6.32. The molecule has 0 spiro atoms. The van der Waals surface area contributed by atoms with Crippen molar-refractivity contribution in [2.45, 2.75) is 40.2 Å². The molecule has 1 aromatic heterocycles. The van der Waals surface area contributed by atoms with Crippen molar-refractivity contribution in [2.24, 2.45) is 4.99 Å². The lowest BCUT2D eigenvalue weighted by molar-refractivity contribution is 0.405. The average molecular weight is 488 g/mol. The molecule has 0 bridgehead atoms. The number of ether oxygens (including phenoxy) is 1. The topological polar surface area (TPSA) is 58.5 Å². The zero-order valence-corrected chi connectivity index (χ0v) is 19.3. The summed E-state index contributed by atoms with van der Waals surface area (Å²) < 4.78 is 5.50. The number of nitrogens with one attached hydrogen (secondary N) is 2. The molecule has 1 atom stereocenters. The molecule has 0 aliphatic rings. The summed E-state index contributed by atoms with van der Waals surface area (Å²) in [6.07, 6.45) is 2.77. The fourth-order valence-corrected chi connectivity index (χ4v) is 3.35. The monoisotopic (exact) mass is 488 g/mol. The van der Waals surface area contributed by atoms with Gasteiger partial charge in [0.05, 0.1) is 18.2 Å². The Labute approximate surface area is 177 Å². The van der Waals surface area contributed by atoms with Gasteiger partial charge in [0.1, 0.15) is 5.75 Å². The van der Waals surface area contributed by atoms with Gasteiger partial charge in [0.2, 0.25) is 0 Å². The molecule has 1 aromatic carbocycles. The highest BCUT2D eigenvalue weighted by Gasteiger charge is 2.13. The minimum Gasteiger partial charge on any atom is -0.496 e. The molecule has 0 aliphatic heterocycles. The van der Waals surface area contributed by atoms with Crippen LogP contribution in [0.3, 0.4) is 0 Å². The number of nitrogens with zero attached hydrogens (tertiary/aromatic N) is 2. The molecule has 1 unspecified atom stereocenters. The molecule has 0 saturated heterocycles. The molecule has 0 saturated carbocycles. The van der Waals surface area contributed by atoms with Crippen molar-refractivity contribution in [3.8, 4) is 5.75 Å². The smallest absolute Gasteiger partial charge is 0.191 e. The summed E-state index contributed by atoms with van der Waals surface area (Å²) >= 11 is 1.73. The Bertz CT molecular complexity index is 717. The lowest BCUT2D eigenvalue weighted by atomic mass is 10.0. The fourth-order valence-electron chi connectivity index (χ4n) is 2.58. The van der Waals surface area contributed by atoms with Gasteiger partial charge in [-0.05, 0) is 33.8 Å². The standard InChI is InChI=1S/C19H28N4OS.HI/c1-6-20-19(21-10-9-18-22-12-14(3)25-18)23-15(4)16-11-13(2)7-8-17(16)24-5;/h7-8,11-12,15H,6,9-10H2,1-5H3,(H2,20,21,23);1H. The van der Waals surface area contributed by atoms with Gasteiger partial charge in [0.15, 0.2) is 5.96 Å². The van der Waals surface area contributed by atoms with Gasteiger partial charge in [0, 0.05) is 36.1 Å². The van der Waals surface area contributed by atoms with Crippen LogP contribution in [-0.4, -0.2) is 31.1 Å². The van der Waals surface area contributed by atoms with Gasteiger partial charge in [0.25, 0.3) is 0 Å². The van der Waals surface area contributed by atoms with E-state index in [0.29, 0.717) is 6.54 Å². The number of aliphatic imine (C=N–C) groups is 1. The van der Waals surface area contributed by atoms with Gasteiger partial charge in [-0.3, -0.25) is 4.99 Å². The zero-order chi connectivity index (χ0) is 18.2. The Balaban J connectivity index is 0.00000338. The molecule has 0 amide bonds. The van der Waals surface area contributed by atoms with Crippen LogP contribution in [0.2, 0.25) is 0 Å². The van der Waals surface area contributed by atoms with Gasteiger partial charge < -0.3 is 15.4 Å². The van der Waals surface area contributed by atoms with Crippen molar-refractivity contribution in [2.75, 3.05) is 20.2 Å². The third kappa shape index (κ3) is 6.75. The van der Waals surface area contributed by atoms with Gasteiger partial charge in [-0.1, -0.05) is 17.7 Å². The number of aromatic nitrogens is 1. The molecule has 2 N–H and O–H groups in total. The number of halogens is 1. The summed E-state index contributed by atoms with van der Waals surface area (Å²) in [5, 5.41) is 7.91. The Morgan fingerprint density at radius 3 is 2.73 bits per heavy atom. The Hall–Kier alpha value is -1.35. The Kier molecular flexibility index (Phi) is 9.93. The normalized spacial score (nSPS) is 12.3. The first kappa shape index (κ1) is 22.7. The summed E-state index contributed by atoms with van der Waals surface area (Å²) in [7, 11) is 1.70. The molecule has 144 valence electrons. The maximum absolute atomic E-state index is 5.50. The number of hydrogen-bond donors (Lipinski definition) is 2. The van der Waals surface area contributed by atoms with E-state index in [2.05, 4.69) is 60.4 Å². The maximum Gasteiger partial charge on any atom is 0.191 e. The van der Waals surface area contributed by atoms with Gasteiger partial charge >= 0.3 is 0 Å². The van der Waals surface area contributed by atoms with E-state index in [-0.39, 0.29) is 30.0 Å². The summed E-state index contributed by atoms with van der Waals surface area (Å²) in [6.45, 7) is 9.88. The minimum absolute atomic E-state index is 0. The van der Waals surface area contributed by atoms with E-state index in [9.17, 15) is 0 Å². The molecular formula is C19H29IN4OS. The number of aryl methyl sites for hydroxylation is 2. The predicted octanol–water partition coefficient (Wildman–Crippen LogP) is 4.25. The van der Waals surface area contributed by atoms with E-state index in [0.717, 1.165) is 35.2 Å². The number of guanidine groups is 1. The molecule has 0 radical (unpaired) electrons. The molecule has 7 heteroatoms. The summed E-state index contributed by atoms with van der Waals surface area (Å²) in [5.74, 6) is 1.70. The lowest BCUT2D eigenvalue weighted by Crippen LogP contribution is -2.39. The van der Waals surface area contributed by atoms with E-state index >= 15 is 0 Å². The molecule has 2 aromatic rings. The first-order chi connectivity index (χ1) is 12.0. The van der Waals surface area contributed by atoms with Crippen molar-refractivity contribution in [1.82, 2.24) is 15.6 Å². The van der Waals surface area contributed by atoms with Crippen LogP contribution in [0.4, 0.5) is 0 Å². The molecule has 2 rings (SSSR count). The maximum atomic E-state index is 5.50. The van der Waals surface area contributed by atoms with Crippen LogP contribution in [-0.2, 0) is 6.42 Å². The van der Waals surface area contributed by atoms with Crippen molar-refractivity contribution in [1.29, 1.82) is 0 Å². The van der Waals surface area contributed by atoms with Crippen LogP contribution >= 0.6 is 35.3 Å². The molecule has 5 nitrogen and oxygen atoms in total. The van der Waals surface area contributed by atoms with E-state index < -0.39 is 0 Å². The predicted molar refractivity (Wildman–Crippen MR) is 121 cm³/mol. The number of methoxy groups -OCH3 is 1. The van der Waals surface area contributed by atoms with Gasteiger partial charge in [-0.15, -0.1) is 35.3 Å². The first-order valence-corrected chi connectivity index (χ1v) is 9.45. The van der Waals surface area contributed by atoms with E-state index in [4.69, 9.17) is 4.74 Å². The zero-order valence-electron chi connectivity index (χ0n) is 16.1. The first-order valence-electron chi connectivity index (χ1n) is 8.64. The fraction of sp³-hybridized carbons (Fsp3) is 0.474. The van der Waals surface area contributed by atoms with Crippen LogP contribution in [0.1, 0.15) is 40.9 Å². The van der Waals surface area contributed by atoms with Gasteiger partial charge in [-0.25, -0.2) is 4.98 Å².